The Hall–Kier alpha value is -0.910. The predicted octanol–water partition coefficient (Wildman–Crippen LogP) is 2.29. The maximum Gasteiger partial charge on any atom is 0.294 e. The topological polar surface area (TPSA) is 63.6 Å². The van der Waals surface area contributed by atoms with Crippen molar-refractivity contribution in [2.75, 3.05) is 7.11 Å². The van der Waals surface area contributed by atoms with Gasteiger partial charge in [0, 0.05) is 7.11 Å². The normalized spacial score (nSPS) is 12.7. The molecule has 0 amide bonds. The highest BCUT2D eigenvalue weighted by Crippen LogP contribution is 2.18. The second kappa shape index (κ2) is 5.16. The van der Waals surface area contributed by atoms with Gasteiger partial charge in [-0.2, -0.15) is 8.42 Å². The number of benzene rings is 1. The fraction of sp³-hybridized carbons (Fsp3) is 0.500. The first kappa shape index (κ1) is 14.2. The number of rotatable bonds is 5. The number of hydrogen-bond donors (Lipinski definition) is 1. The Morgan fingerprint density at radius 1 is 1.24 bits per heavy atom. The van der Waals surface area contributed by atoms with Gasteiger partial charge >= 0.3 is 0 Å². The minimum absolute atomic E-state index is 0.0766. The van der Waals surface area contributed by atoms with Gasteiger partial charge in [-0.15, -0.1) is 0 Å². The van der Waals surface area contributed by atoms with Crippen molar-refractivity contribution in [3.8, 4) is 0 Å². The van der Waals surface area contributed by atoms with Gasteiger partial charge in [0.1, 0.15) is 0 Å². The van der Waals surface area contributed by atoms with Gasteiger partial charge in [0.25, 0.3) is 10.1 Å². The second-order valence-corrected chi connectivity index (χ2v) is 6.00. The molecule has 0 bridgehead atoms. The van der Waals surface area contributed by atoms with E-state index in [0.29, 0.717) is 0 Å². The summed E-state index contributed by atoms with van der Waals surface area (Å²) in [5.74, 6) is 0. The van der Waals surface area contributed by atoms with E-state index in [9.17, 15) is 8.42 Å². The van der Waals surface area contributed by atoms with E-state index in [1.54, 1.807) is 19.2 Å². The van der Waals surface area contributed by atoms with Crippen LogP contribution in [0.25, 0.3) is 0 Å². The molecule has 5 heteroatoms. The average Bonchev–Trinajstić information content (AvgIpc) is 2.26. The Balaban J connectivity index is 2.70. The van der Waals surface area contributed by atoms with Gasteiger partial charge in [0.2, 0.25) is 0 Å². The van der Waals surface area contributed by atoms with Crippen LogP contribution >= 0.6 is 0 Å². The molecule has 0 atom stereocenters. The smallest absolute Gasteiger partial charge is 0.294 e. The molecule has 0 unspecified atom stereocenters. The third-order valence-electron chi connectivity index (χ3n) is 2.79. The molecule has 0 aliphatic rings. The fourth-order valence-electron chi connectivity index (χ4n) is 1.38. The lowest BCUT2D eigenvalue weighted by Crippen LogP contribution is -2.22. The third-order valence-corrected chi connectivity index (χ3v) is 3.66. The van der Waals surface area contributed by atoms with Gasteiger partial charge in [0.15, 0.2) is 0 Å². The zero-order valence-corrected chi connectivity index (χ0v) is 11.1. The van der Waals surface area contributed by atoms with Crippen LogP contribution in [0.4, 0.5) is 0 Å². The molecule has 17 heavy (non-hydrogen) atoms. The van der Waals surface area contributed by atoms with E-state index in [-0.39, 0.29) is 10.5 Å². The summed E-state index contributed by atoms with van der Waals surface area (Å²) in [5.41, 5.74) is 0.823. The molecule has 0 fully saturated rings. The van der Waals surface area contributed by atoms with Crippen LogP contribution < -0.4 is 0 Å². The van der Waals surface area contributed by atoms with E-state index in [1.807, 2.05) is 13.8 Å². The van der Waals surface area contributed by atoms with E-state index < -0.39 is 10.1 Å². The Labute approximate surface area is 102 Å². The maximum atomic E-state index is 10.8. The Kier molecular flexibility index (Phi) is 4.30. The summed E-state index contributed by atoms with van der Waals surface area (Å²) in [6.45, 7) is 4.00. The van der Waals surface area contributed by atoms with Gasteiger partial charge in [-0.3, -0.25) is 4.55 Å². The first-order valence-electron chi connectivity index (χ1n) is 5.36. The van der Waals surface area contributed by atoms with Crippen molar-refractivity contribution in [3.05, 3.63) is 29.8 Å². The van der Waals surface area contributed by atoms with Crippen molar-refractivity contribution >= 4 is 10.1 Å². The summed E-state index contributed by atoms with van der Waals surface area (Å²) in [4.78, 5) is -0.0766. The van der Waals surface area contributed by atoms with Crippen molar-refractivity contribution in [2.45, 2.75) is 37.2 Å². The average molecular weight is 258 g/mol. The fourth-order valence-corrected chi connectivity index (χ4v) is 1.86. The van der Waals surface area contributed by atoms with E-state index in [1.165, 1.54) is 12.1 Å². The molecular weight excluding hydrogens is 240 g/mol. The highest BCUT2D eigenvalue weighted by atomic mass is 32.2. The molecule has 0 saturated carbocycles. The minimum Gasteiger partial charge on any atom is -0.379 e. The summed E-state index contributed by atoms with van der Waals surface area (Å²) in [6, 6.07) is 6.22. The van der Waals surface area contributed by atoms with Crippen LogP contribution in [0, 0.1) is 0 Å². The lowest BCUT2D eigenvalue weighted by molar-refractivity contribution is 0.0158. The van der Waals surface area contributed by atoms with E-state index in [4.69, 9.17) is 9.29 Å². The van der Waals surface area contributed by atoms with Crippen LogP contribution in [-0.4, -0.2) is 25.7 Å². The number of ether oxygens (including phenoxy) is 1. The van der Waals surface area contributed by atoms with Crippen molar-refractivity contribution in [2.24, 2.45) is 0 Å². The van der Waals surface area contributed by atoms with E-state index >= 15 is 0 Å². The molecule has 1 aromatic carbocycles. The predicted molar refractivity (Wildman–Crippen MR) is 65.7 cm³/mol. The number of methoxy groups -OCH3 is 1. The van der Waals surface area contributed by atoms with Crippen molar-refractivity contribution in [3.63, 3.8) is 0 Å². The molecule has 0 radical (unpaired) electrons. The molecule has 1 N–H and O–H groups in total. The summed E-state index contributed by atoms with van der Waals surface area (Å²) in [6.07, 6.45) is 1.64. The highest BCUT2D eigenvalue weighted by molar-refractivity contribution is 7.85. The van der Waals surface area contributed by atoms with Gasteiger partial charge in [0.05, 0.1) is 10.5 Å². The Morgan fingerprint density at radius 2 is 1.76 bits per heavy atom. The van der Waals surface area contributed by atoms with E-state index in [2.05, 4.69) is 0 Å². The molecule has 96 valence electrons. The molecular formula is C12H18O4S. The first-order chi connectivity index (χ1) is 7.74. The molecule has 0 aliphatic carbocycles. The lowest BCUT2D eigenvalue weighted by atomic mass is 9.99. The Bertz CT molecular complexity index is 460. The van der Waals surface area contributed by atoms with Gasteiger partial charge in [-0.05, 0) is 44.4 Å². The zero-order chi connectivity index (χ0) is 13.1. The lowest BCUT2D eigenvalue weighted by Gasteiger charge is -2.22. The van der Waals surface area contributed by atoms with Gasteiger partial charge in [-0.1, -0.05) is 12.1 Å². The molecule has 1 rings (SSSR count). The summed E-state index contributed by atoms with van der Waals surface area (Å²) in [7, 11) is -2.42. The second-order valence-electron chi connectivity index (χ2n) is 4.58. The number of hydrogen-bond acceptors (Lipinski definition) is 3. The molecule has 0 aliphatic heterocycles. The SMILES string of the molecule is COC(C)(C)CCc1ccc(S(=O)(=O)O)cc1. The molecule has 0 heterocycles. The van der Waals surface area contributed by atoms with Crippen LogP contribution in [-0.2, 0) is 21.3 Å². The van der Waals surface area contributed by atoms with Crippen LogP contribution in [0.5, 0.6) is 0 Å². The van der Waals surface area contributed by atoms with Gasteiger partial charge < -0.3 is 4.74 Å². The molecule has 0 aromatic heterocycles. The van der Waals surface area contributed by atoms with E-state index in [0.717, 1.165) is 18.4 Å². The molecule has 1 aromatic rings. The van der Waals surface area contributed by atoms with Crippen molar-refractivity contribution < 1.29 is 17.7 Å². The number of aryl methyl sites for hydroxylation is 1. The molecule has 4 nitrogen and oxygen atoms in total. The Morgan fingerprint density at radius 3 is 2.18 bits per heavy atom. The summed E-state index contributed by atoms with van der Waals surface area (Å²) in [5, 5.41) is 0. The maximum absolute atomic E-state index is 10.8. The molecule has 0 spiro atoms. The van der Waals surface area contributed by atoms with Crippen molar-refractivity contribution in [1.29, 1.82) is 0 Å². The van der Waals surface area contributed by atoms with Crippen molar-refractivity contribution in [1.82, 2.24) is 0 Å². The van der Waals surface area contributed by atoms with Crippen LogP contribution in [0.15, 0.2) is 29.2 Å². The van der Waals surface area contributed by atoms with Gasteiger partial charge in [-0.25, -0.2) is 0 Å². The molecule has 0 saturated heterocycles. The summed E-state index contributed by atoms with van der Waals surface area (Å²) < 4.78 is 35.8. The van der Waals surface area contributed by atoms with Crippen LogP contribution in [0.2, 0.25) is 0 Å². The van der Waals surface area contributed by atoms with Crippen LogP contribution in [0.3, 0.4) is 0 Å². The standard InChI is InChI=1S/C12H18O4S/c1-12(2,16-3)9-8-10-4-6-11(7-5-10)17(13,14)15/h4-7H,8-9H2,1-3H3,(H,13,14,15). The first-order valence-corrected chi connectivity index (χ1v) is 6.80. The zero-order valence-electron chi connectivity index (χ0n) is 10.3. The minimum atomic E-state index is -4.09. The monoisotopic (exact) mass is 258 g/mol. The third kappa shape index (κ3) is 4.46. The summed E-state index contributed by atoms with van der Waals surface area (Å²) >= 11 is 0. The largest absolute Gasteiger partial charge is 0.379 e. The quantitative estimate of drug-likeness (QED) is 0.823. The highest BCUT2D eigenvalue weighted by Gasteiger charge is 2.16. The van der Waals surface area contributed by atoms with Crippen LogP contribution in [0.1, 0.15) is 25.8 Å².